The maximum Gasteiger partial charge on any atom is 0.285 e. The van der Waals surface area contributed by atoms with Crippen molar-refractivity contribution in [1.29, 1.82) is 0 Å². The maximum atomic E-state index is 12.2. The molecule has 6 heteroatoms. The van der Waals surface area contributed by atoms with Gasteiger partial charge in [-0.3, -0.25) is 0 Å². The summed E-state index contributed by atoms with van der Waals surface area (Å²) in [6.45, 7) is 5.13. The number of hydrogen-bond acceptors (Lipinski definition) is 4. The molecule has 0 spiro atoms. The number of sulfonamides is 1. The number of nitrogens with one attached hydrogen (secondary N) is 1. The Kier molecular flexibility index (Phi) is 2.87. The smallest absolute Gasteiger partial charge is 0.285 e. The Morgan fingerprint density at radius 2 is 2.14 bits per heavy atom. The third-order valence-electron chi connectivity index (χ3n) is 5.02. The first-order chi connectivity index (χ1) is 10.1. The summed E-state index contributed by atoms with van der Waals surface area (Å²) in [5, 5.41) is 3.45. The second-order valence-corrected chi connectivity index (χ2v) is 7.67. The van der Waals surface area contributed by atoms with Crippen LogP contribution >= 0.6 is 0 Å². The molecule has 0 aromatic heterocycles. The molecule has 3 aliphatic heterocycles. The van der Waals surface area contributed by atoms with E-state index in [-0.39, 0.29) is 0 Å². The highest BCUT2D eigenvalue weighted by atomic mass is 32.2. The van der Waals surface area contributed by atoms with E-state index in [1.165, 1.54) is 0 Å². The quantitative estimate of drug-likeness (QED) is 0.843. The van der Waals surface area contributed by atoms with Crippen LogP contribution in [0.25, 0.3) is 0 Å². The van der Waals surface area contributed by atoms with E-state index in [1.807, 2.05) is 12.1 Å². The fourth-order valence-corrected chi connectivity index (χ4v) is 5.30. The van der Waals surface area contributed by atoms with Crippen molar-refractivity contribution in [2.75, 3.05) is 19.6 Å². The van der Waals surface area contributed by atoms with Crippen LogP contribution in [-0.4, -0.2) is 44.8 Å². The second kappa shape index (κ2) is 4.55. The van der Waals surface area contributed by atoms with Crippen LogP contribution in [0.2, 0.25) is 0 Å². The molecule has 0 amide bonds. The van der Waals surface area contributed by atoms with Crippen LogP contribution in [0.1, 0.15) is 18.9 Å². The first kappa shape index (κ1) is 13.3. The lowest BCUT2D eigenvalue weighted by atomic mass is 9.93. The lowest BCUT2D eigenvalue weighted by Crippen LogP contribution is -2.39. The summed E-state index contributed by atoms with van der Waals surface area (Å²) in [5.41, 5.74) is 0.767. The molecule has 1 N–H and O–H groups in total. The molecule has 2 fully saturated rings. The van der Waals surface area contributed by atoms with Gasteiger partial charge in [0.1, 0.15) is 4.90 Å². The molecule has 3 heterocycles. The van der Waals surface area contributed by atoms with Crippen molar-refractivity contribution in [2.24, 2.45) is 16.2 Å². The summed E-state index contributed by atoms with van der Waals surface area (Å²) >= 11 is 0. The van der Waals surface area contributed by atoms with Gasteiger partial charge in [-0.25, -0.2) is 0 Å². The van der Waals surface area contributed by atoms with E-state index in [1.54, 1.807) is 12.1 Å². The Bertz CT molecular complexity index is 713. The zero-order valence-electron chi connectivity index (χ0n) is 12.0. The maximum absolute atomic E-state index is 12.2. The van der Waals surface area contributed by atoms with Gasteiger partial charge >= 0.3 is 0 Å². The molecule has 0 aliphatic carbocycles. The Labute approximate surface area is 125 Å². The number of nitrogens with zero attached hydrogens (tertiary/aromatic N) is 2. The molecule has 112 valence electrons. The van der Waals surface area contributed by atoms with Crippen LogP contribution < -0.4 is 5.32 Å². The highest BCUT2D eigenvalue weighted by Crippen LogP contribution is 2.38. The first-order valence-corrected chi connectivity index (χ1v) is 8.97. The van der Waals surface area contributed by atoms with E-state index < -0.39 is 10.0 Å². The number of amidine groups is 1. The molecule has 0 bridgehead atoms. The molecule has 1 aromatic carbocycles. The van der Waals surface area contributed by atoms with Gasteiger partial charge in [0.15, 0.2) is 5.84 Å². The van der Waals surface area contributed by atoms with Gasteiger partial charge in [-0.05, 0) is 30.4 Å². The van der Waals surface area contributed by atoms with Gasteiger partial charge in [0.2, 0.25) is 0 Å². The minimum atomic E-state index is -3.52. The largest absolute Gasteiger partial charge is 0.352 e. The molecule has 3 unspecified atom stereocenters. The Balaban J connectivity index is 1.78. The van der Waals surface area contributed by atoms with Crippen molar-refractivity contribution in [3.8, 4) is 0 Å². The van der Waals surface area contributed by atoms with Crippen LogP contribution in [-0.2, 0) is 10.0 Å². The highest BCUT2D eigenvalue weighted by Gasteiger charge is 2.46. The lowest BCUT2D eigenvalue weighted by molar-refractivity contribution is 0.324. The van der Waals surface area contributed by atoms with Crippen molar-refractivity contribution >= 4 is 15.9 Å². The fourth-order valence-electron chi connectivity index (χ4n) is 4.09. The van der Waals surface area contributed by atoms with E-state index in [2.05, 4.69) is 21.5 Å². The number of hydrogen-bond donors (Lipinski definition) is 1. The van der Waals surface area contributed by atoms with Crippen LogP contribution in [0.5, 0.6) is 0 Å². The van der Waals surface area contributed by atoms with Gasteiger partial charge in [-0.15, -0.1) is 4.40 Å². The van der Waals surface area contributed by atoms with E-state index in [9.17, 15) is 8.42 Å². The number of benzene rings is 1. The summed E-state index contributed by atoms with van der Waals surface area (Å²) in [6.07, 6.45) is 1.02. The summed E-state index contributed by atoms with van der Waals surface area (Å²) in [6, 6.07) is 7.55. The zero-order chi connectivity index (χ0) is 14.6. The highest BCUT2D eigenvalue weighted by molar-refractivity contribution is 7.90. The third kappa shape index (κ3) is 1.85. The van der Waals surface area contributed by atoms with Crippen molar-refractivity contribution in [2.45, 2.75) is 24.3 Å². The molecule has 1 aromatic rings. The minimum Gasteiger partial charge on any atom is -0.352 e. The summed E-state index contributed by atoms with van der Waals surface area (Å²) < 4.78 is 28.6. The van der Waals surface area contributed by atoms with Crippen LogP contribution in [0, 0.1) is 11.8 Å². The standard InChI is InChI=1S/C15H19N3O2S/c1-2-13-12-8-16-7-10(12)9-18(13)15-11-5-3-4-6-14(11)21(19,20)17-15/h3-6,10,12-13,16H,2,7-9H2,1H3. The van der Waals surface area contributed by atoms with E-state index in [0.717, 1.165) is 31.6 Å². The molecular weight excluding hydrogens is 286 g/mol. The van der Waals surface area contributed by atoms with Gasteiger partial charge in [0.25, 0.3) is 10.0 Å². The predicted molar refractivity (Wildman–Crippen MR) is 80.8 cm³/mol. The van der Waals surface area contributed by atoms with Crippen molar-refractivity contribution < 1.29 is 8.42 Å². The topological polar surface area (TPSA) is 61.8 Å². The van der Waals surface area contributed by atoms with Gasteiger partial charge in [-0.1, -0.05) is 19.1 Å². The molecule has 2 saturated heterocycles. The molecule has 21 heavy (non-hydrogen) atoms. The van der Waals surface area contributed by atoms with Gasteiger partial charge in [0.05, 0.1) is 0 Å². The average molecular weight is 305 g/mol. The van der Waals surface area contributed by atoms with Gasteiger partial charge in [-0.2, -0.15) is 8.42 Å². The Hall–Kier alpha value is -1.40. The average Bonchev–Trinajstić information content (AvgIpc) is 3.10. The van der Waals surface area contributed by atoms with Crippen LogP contribution in [0.4, 0.5) is 0 Å². The molecule has 3 atom stereocenters. The predicted octanol–water partition coefficient (Wildman–Crippen LogP) is 1.07. The van der Waals surface area contributed by atoms with Crippen molar-refractivity contribution in [3.05, 3.63) is 29.8 Å². The second-order valence-electron chi connectivity index (χ2n) is 6.10. The Morgan fingerprint density at radius 1 is 1.33 bits per heavy atom. The number of rotatable bonds is 1. The van der Waals surface area contributed by atoms with Crippen LogP contribution in [0.3, 0.4) is 0 Å². The summed E-state index contributed by atoms with van der Waals surface area (Å²) in [4.78, 5) is 2.59. The van der Waals surface area contributed by atoms with E-state index in [4.69, 9.17) is 0 Å². The van der Waals surface area contributed by atoms with Gasteiger partial charge in [0, 0.05) is 31.2 Å². The Morgan fingerprint density at radius 3 is 2.95 bits per heavy atom. The molecule has 4 rings (SSSR count). The van der Waals surface area contributed by atoms with E-state index in [0.29, 0.717) is 28.6 Å². The third-order valence-corrected chi connectivity index (χ3v) is 6.35. The molecule has 5 nitrogen and oxygen atoms in total. The van der Waals surface area contributed by atoms with Crippen molar-refractivity contribution in [1.82, 2.24) is 10.2 Å². The molecule has 0 saturated carbocycles. The summed E-state index contributed by atoms with van der Waals surface area (Å²) in [5.74, 6) is 1.87. The number of fused-ring (bicyclic) bond motifs is 2. The normalized spacial score (nSPS) is 32.9. The molecule has 0 radical (unpaired) electrons. The monoisotopic (exact) mass is 305 g/mol. The fraction of sp³-hybridized carbons (Fsp3) is 0.533. The minimum absolute atomic E-state index is 0.352. The molecular formula is C15H19N3O2S. The van der Waals surface area contributed by atoms with Gasteiger partial charge < -0.3 is 10.2 Å². The summed E-state index contributed by atoms with van der Waals surface area (Å²) in [7, 11) is -3.52. The molecule has 3 aliphatic rings. The zero-order valence-corrected chi connectivity index (χ0v) is 12.8. The van der Waals surface area contributed by atoms with Crippen LogP contribution in [0.15, 0.2) is 33.6 Å². The van der Waals surface area contributed by atoms with Crippen molar-refractivity contribution in [3.63, 3.8) is 0 Å². The van der Waals surface area contributed by atoms with E-state index >= 15 is 0 Å². The lowest BCUT2D eigenvalue weighted by Gasteiger charge is -2.28. The first-order valence-electron chi connectivity index (χ1n) is 7.53. The number of likely N-dealkylation sites (tertiary alicyclic amines) is 1. The SMILES string of the molecule is CCC1C2CNCC2CN1C1=NS(=O)(=O)c2ccccc21.